The van der Waals surface area contributed by atoms with E-state index in [-0.39, 0.29) is 6.10 Å². The predicted octanol–water partition coefficient (Wildman–Crippen LogP) is 2.29. The molecule has 16 heavy (non-hydrogen) atoms. The van der Waals surface area contributed by atoms with Gasteiger partial charge >= 0.3 is 0 Å². The molecule has 0 radical (unpaired) electrons. The van der Waals surface area contributed by atoms with Crippen molar-refractivity contribution in [3.8, 4) is 0 Å². The van der Waals surface area contributed by atoms with Crippen LogP contribution in [0.25, 0.3) is 0 Å². The van der Waals surface area contributed by atoms with Gasteiger partial charge < -0.3 is 5.11 Å². The Hall–Kier alpha value is -0.190. The van der Waals surface area contributed by atoms with Crippen molar-refractivity contribution in [2.24, 2.45) is 7.05 Å². The maximum absolute atomic E-state index is 9.84. The van der Waals surface area contributed by atoms with Crippen LogP contribution in [0, 0.1) is 0 Å². The molecule has 0 aliphatic carbocycles. The molecule has 3 nitrogen and oxygen atoms in total. The van der Waals surface area contributed by atoms with Gasteiger partial charge in [0.25, 0.3) is 0 Å². The smallest absolute Gasteiger partial charge is 0.0850 e. The number of aromatic nitrogens is 2. The van der Waals surface area contributed by atoms with Crippen LogP contribution in [0.2, 0.25) is 5.02 Å². The van der Waals surface area contributed by atoms with Gasteiger partial charge in [0.15, 0.2) is 0 Å². The molecule has 0 aliphatic rings. The molecule has 1 aromatic rings. The van der Waals surface area contributed by atoms with Gasteiger partial charge in [0.05, 0.1) is 22.5 Å². The zero-order valence-corrected chi connectivity index (χ0v) is 11.6. The Morgan fingerprint density at radius 3 is 2.69 bits per heavy atom. The second-order valence-electron chi connectivity index (χ2n) is 3.70. The van der Waals surface area contributed by atoms with E-state index in [0.29, 0.717) is 11.4 Å². The molecule has 0 saturated carbocycles. The summed E-state index contributed by atoms with van der Waals surface area (Å²) in [5, 5.41) is 14.9. The van der Waals surface area contributed by atoms with Gasteiger partial charge in [-0.2, -0.15) is 16.9 Å². The number of thioether (sulfide) groups is 1. The lowest BCUT2D eigenvalue weighted by atomic mass is 10.2. The summed E-state index contributed by atoms with van der Waals surface area (Å²) in [6, 6.07) is 0. The molecule has 5 heteroatoms. The van der Waals surface area contributed by atoms with Crippen molar-refractivity contribution in [3.63, 3.8) is 0 Å². The number of nitrogens with zero attached hydrogens (tertiary/aromatic N) is 2. The number of aliphatic hydroxyl groups excluding tert-OH is 1. The van der Waals surface area contributed by atoms with Crippen LogP contribution in [-0.2, 0) is 19.9 Å². The fourth-order valence-electron chi connectivity index (χ4n) is 1.58. The molecule has 1 N–H and O–H groups in total. The Labute approximate surface area is 106 Å². The second kappa shape index (κ2) is 6.52. The van der Waals surface area contributed by atoms with Crippen LogP contribution in [0.3, 0.4) is 0 Å². The molecule has 0 saturated heterocycles. The molecule has 0 aromatic carbocycles. The van der Waals surface area contributed by atoms with Crippen molar-refractivity contribution < 1.29 is 5.11 Å². The Bertz CT molecular complexity index is 341. The first kappa shape index (κ1) is 13.9. The summed E-state index contributed by atoms with van der Waals surface area (Å²) in [6.45, 7) is 4.12. The SMILES string of the molecule is CCSCC(O)Cc1c(Cl)c(CC)nn1C. The van der Waals surface area contributed by atoms with E-state index < -0.39 is 0 Å². The minimum Gasteiger partial charge on any atom is -0.392 e. The summed E-state index contributed by atoms with van der Waals surface area (Å²) >= 11 is 7.94. The highest BCUT2D eigenvalue weighted by molar-refractivity contribution is 7.99. The predicted molar refractivity (Wildman–Crippen MR) is 70.3 cm³/mol. The van der Waals surface area contributed by atoms with Crippen LogP contribution in [0.5, 0.6) is 0 Å². The van der Waals surface area contributed by atoms with Gasteiger partial charge in [0.2, 0.25) is 0 Å². The zero-order chi connectivity index (χ0) is 12.1. The van der Waals surface area contributed by atoms with Gasteiger partial charge in [0, 0.05) is 19.2 Å². The molecule has 1 aromatic heterocycles. The third-order valence-corrected chi connectivity index (χ3v) is 3.91. The average Bonchev–Trinajstić information content (AvgIpc) is 2.53. The highest BCUT2D eigenvalue weighted by atomic mass is 35.5. The van der Waals surface area contributed by atoms with Crippen LogP contribution >= 0.6 is 23.4 Å². The molecular formula is C11H19ClN2OS. The Morgan fingerprint density at radius 2 is 2.19 bits per heavy atom. The topological polar surface area (TPSA) is 38.1 Å². The van der Waals surface area contributed by atoms with Crippen LogP contribution in [0.4, 0.5) is 0 Å². The Balaban J connectivity index is 2.69. The average molecular weight is 263 g/mol. The third-order valence-electron chi connectivity index (χ3n) is 2.45. The van der Waals surface area contributed by atoms with Gasteiger partial charge in [-0.25, -0.2) is 0 Å². The number of hydrogen-bond donors (Lipinski definition) is 1. The van der Waals surface area contributed by atoms with E-state index in [1.807, 2.05) is 14.0 Å². The number of rotatable bonds is 6. The summed E-state index contributed by atoms with van der Waals surface area (Å²) in [5.74, 6) is 1.77. The van der Waals surface area contributed by atoms with Crippen LogP contribution < -0.4 is 0 Å². The minimum absolute atomic E-state index is 0.345. The van der Waals surface area contributed by atoms with Crippen molar-refractivity contribution >= 4 is 23.4 Å². The standard InChI is InChI=1S/C11H19ClN2OS/c1-4-9-11(12)10(14(3)13-9)6-8(15)7-16-5-2/h8,15H,4-7H2,1-3H3. The summed E-state index contributed by atoms with van der Waals surface area (Å²) in [4.78, 5) is 0. The van der Waals surface area contributed by atoms with Crippen molar-refractivity contribution in [1.82, 2.24) is 9.78 Å². The van der Waals surface area contributed by atoms with Gasteiger partial charge in [0.1, 0.15) is 0 Å². The molecule has 92 valence electrons. The molecular weight excluding hydrogens is 244 g/mol. The van der Waals surface area contributed by atoms with Gasteiger partial charge in [-0.05, 0) is 12.2 Å². The lowest BCUT2D eigenvalue weighted by Crippen LogP contribution is -2.16. The minimum atomic E-state index is -0.345. The highest BCUT2D eigenvalue weighted by Crippen LogP contribution is 2.22. The van der Waals surface area contributed by atoms with Crippen LogP contribution in [0.15, 0.2) is 0 Å². The van der Waals surface area contributed by atoms with Gasteiger partial charge in [-0.15, -0.1) is 0 Å². The summed E-state index contributed by atoms with van der Waals surface area (Å²) in [7, 11) is 1.88. The molecule has 0 amide bonds. The largest absolute Gasteiger partial charge is 0.392 e. The van der Waals surface area contributed by atoms with Crippen LogP contribution in [0.1, 0.15) is 25.2 Å². The van der Waals surface area contributed by atoms with E-state index in [4.69, 9.17) is 11.6 Å². The summed E-state index contributed by atoms with van der Waals surface area (Å²) in [5.41, 5.74) is 1.84. The van der Waals surface area contributed by atoms with E-state index in [1.54, 1.807) is 16.4 Å². The number of hydrogen-bond acceptors (Lipinski definition) is 3. The van der Waals surface area contributed by atoms with Gasteiger partial charge in [-0.3, -0.25) is 4.68 Å². The molecule has 0 bridgehead atoms. The normalized spacial score (nSPS) is 13.1. The van der Waals surface area contributed by atoms with Gasteiger partial charge in [-0.1, -0.05) is 25.4 Å². The van der Waals surface area contributed by atoms with E-state index in [1.165, 1.54) is 0 Å². The number of aryl methyl sites for hydroxylation is 2. The highest BCUT2D eigenvalue weighted by Gasteiger charge is 2.16. The molecule has 0 aliphatic heterocycles. The Kier molecular flexibility index (Phi) is 5.66. The molecule has 1 rings (SSSR count). The zero-order valence-electron chi connectivity index (χ0n) is 10.0. The van der Waals surface area contributed by atoms with E-state index in [2.05, 4.69) is 12.0 Å². The number of halogens is 1. The fourth-order valence-corrected chi connectivity index (χ4v) is 2.57. The maximum atomic E-state index is 9.84. The molecule has 1 unspecified atom stereocenters. The first-order valence-corrected chi connectivity index (χ1v) is 7.09. The molecule has 0 spiro atoms. The summed E-state index contributed by atoms with van der Waals surface area (Å²) < 4.78 is 1.78. The monoisotopic (exact) mass is 262 g/mol. The lowest BCUT2D eigenvalue weighted by Gasteiger charge is -2.10. The number of aliphatic hydroxyl groups is 1. The van der Waals surface area contributed by atoms with Crippen LogP contribution in [-0.4, -0.2) is 32.5 Å². The lowest BCUT2D eigenvalue weighted by molar-refractivity contribution is 0.197. The molecule has 1 atom stereocenters. The van der Waals surface area contributed by atoms with Crippen molar-refractivity contribution in [2.45, 2.75) is 32.8 Å². The molecule has 1 heterocycles. The van der Waals surface area contributed by atoms with E-state index in [0.717, 1.165) is 29.3 Å². The quantitative estimate of drug-likeness (QED) is 0.855. The maximum Gasteiger partial charge on any atom is 0.0850 e. The van der Waals surface area contributed by atoms with Crippen molar-refractivity contribution in [3.05, 3.63) is 16.4 Å². The summed E-state index contributed by atoms with van der Waals surface area (Å²) in [6.07, 6.45) is 1.06. The first-order chi connectivity index (χ1) is 7.60. The Morgan fingerprint density at radius 1 is 1.50 bits per heavy atom. The van der Waals surface area contributed by atoms with Crippen molar-refractivity contribution in [1.29, 1.82) is 0 Å². The van der Waals surface area contributed by atoms with E-state index in [9.17, 15) is 5.11 Å². The second-order valence-corrected chi connectivity index (χ2v) is 5.40. The first-order valence-electron chi connectivity index (χ1n) is 5.56. The fraction of sp³-hybridized carbons (Fsp3) is 0.727. The third kappa shape index (κ3) is 3.40. The van der Waals surface area contributed by atoms with Crippen molar-refractivity contribution in [2.75, 3.05) is 11.5 Å². The van der Waals surface area contributed by atoms with E-state index >= 15 is 0 Å². The molecule has 0 fully saturated rings.